The normalized spacial score (nSPS) is 16.5. The van der Waals surface area contributed by atoms with Crippen LogP contribution in [-0.2, 0) is 0 Å². The van der Waals surface area contributed by atoms with Gasteiger partial charge in [-0.3, -0.25) is 0 Å². The van der Waals surface area contributed by atoms with Gasteiger partial charge in [-0.2, -0.15) is 9.15 Å². The molecular weight excluding hydrogens is 149 g/mol. The second kappa shape index (κ2) is 3.25. The molecule has 0 aliphatic carbocycles. The van der Waals surface area contributed by atoms with Crippen LogP contribution in [0.5, 0.6) is 0 Å². The molecule has 0 rings (SSSR count). The number of halogens is 1. The highest BCUT2D eigenvalue weighted by Crippen LogP contribution is 2.49. The maximum Gasteiger partial charge on any atom is 0.103 e. The van der Waals surface area contributed by atoms with Crippen LogP contribution in [0.25, 0.3) is 0 Å². The van der Waals surface area contributed by atoms with Crippen molar-refractivity contribution in [2.24, 2.45) is 5.92 Å². The van der Waals surface area contributed by atoms with Crippen LogP contribution in [-0.4, -0.2) is 17.8 Å². The minimum absolute atomic E-state index is 0.125. The Morgan fingerprint density at radius 1 is 1.40 bits per heavy atom. The van der Waals surface area contributed by atoms with Gasteiger partial charge in [-0.15, -0.1) is 0 Å². The molecule has 0 aliphatic rings. The standard InChI is InChI=1S/C7H14FNS/c1-6(2)7(5-9)10(3,4)8/h6-7H,1-4H3. The van der Waals surface area contributed by atoms with Crippen molar-refractivity contribution in [1.29, 1.82) is 5.26 Å². The molecule has 3 heteroatoms. The van der Waals surface area contributed by atoms with Gasteiger partial charge in [0.05, 0.1) is 6.07 Å². The van der Waals surface area contributed by atoms with Gasteiger partial charge in [0.2, 0.25) is 0 Å². The summed E-state index contributed by atoms with van der Waals surface area (Å²) >= 11 is 0. The van der Waals surface area contributed by atoms with Crippen molar-refractivity contribution in [1.82, 2.24) is 0 Å². The second-order valence-corrected chi connectivity index (χ2v) is 6.13. The highest BCUT2D eigenvalue weighted by Gasteiger charge is 2.26. The number of hydrogen-bond acceptors (Lipinski definition) is 1. The molecule has 0 bridgehead atoms. The first-order valence-corrected chi connectivity index (χ1v) is 5.62. The first-order valence-electron chi connectivity index (χ1n) is 3.21. The van der Waals surface area contributed by atoms with E-state index in [1.165, 1.54) is 12.5 Å². The van der Waals surface area contributed by atoms with Gasteiger partial charge in [0, 0.05) is 0 Å². The topological polar surface area (TPSA) is 23.8 Å². The average molecular weight is 163 g/mol. The quantitative estimate of drug-likeness (QED) is 0.613. The maximum absolute atomic E-state index is 13.2. The minimum Gasteiger partial charge on any atom is -0.197 e. The molecule has 0 radical (unpaired) electrons. The average Bonchev–Trinajstić information content (AvgIpc) is 1.60. The third-order valence-electron chi connectivity index (χ3n) is 1.34. The Labute approximate surface area is 63.8 Å². The Morgan fingerprint density at radius 2 is 1.80 bits per heavy atom. The zero-order valence-corrected chi connectivity index (χ0v) is 7.70. The fraction of sp³-hybridized carbons (Fsp3) is 0.857. The van der Waals surface area contributed by atoms with E-state index in [0.29, 0.717) is 0 Å². The van der Waals surface area contributed by atoms with Gasteiger partial charge in [-0.25, -0.2) is 0 Å². The molecule has 0 spiro atoms. The molecule has 10 heavy (non-hydrogen) atoms. The maximum atomic E-state index is 13.2. The zero-order chi connectivity index (χ0) is 8.36. The molecule has 1 nitrogen and oxygen atoms in total. The fourth-order valence-corrected chi connectivity index (χ4v) is 2.47. The molecule has 0 amide bonds. The van der Waals surface area contributed by atoms with Crippen LogP contribution in [0.1, 0.15) is 13.8 Å². The van der Waals surface area contributed by atoms with Crippen molar-refractivity contribution >= 4 is 10.4 Å². The summed E-state index contributed by atoms with van der Waals surface area (Å²) in [5, 5.41) is 8.15. The predicted molar refractivity (Wildman–Crippen MR) is 44.8 cm³/mol. The highest BCUT2D eigenvalue weighted by molar-refractivity contribution is 8.29. The molecule has 0 aliphatic heterocycles. The molecule has 0 saturated heterocycles. The van der Waals surface area contributed by atoms with E-state index in [4.69, 9.17) is 5.26 Å². The molecule has 0 fully saturated rings. The number of rotatable bonds is 2. The van der Waals surface area contributed by atoms with Gasteiger partial charge in [0.15, 0.2) is 0 Å². The van der Waals surface area contributed by atoms with Crippen LogP contribution >= 0.6 is 10.4 Å². The fourth-order valence-electron chi connectivity index (χ4n) is 0.922. The minimum atomic E-state index is -2.18. The number of hydrogen-bond donors (Lipinski definition) is 0. The smallest absolute Gasteiger partial charge is 0.103 e. The Hall–Kier alpha value is -0.230. The summed E-state index contributed by atoms with van der Waals surface area (Å²) in [5.41, 5.74) is 0. The first-order chi connectivity index (χ1) is 4.39. The van der Waals surface area contributed by atoms with E-state index in [9.17, 15) is 3.89 Å². The van der Waals surface area contributed by atoms with E-state index in [0.717, 1.165) is 0 Å². The summed E-state index contributed by atoms with van der Waals surface area (Å²) in [4.78, 5) is 0. The lowest BCUT2D eigenvalue weighted by molar-refractivity contribution is 0.663. The van der Waals surface area contributed by atoms with E-state index < -0.39 is 15.7 Å². The van der Waals surface area contributed by atoms with Crippen molar-refractivity contribution in [3.8, 4) is 6.07 Å². The third-order valence-corrected chi connectivity index (χ3v) is 3.19. The van der Waals surface area contributed by atoms with Crippen LogP contribution in [0.4, 0.5) is 3.89 Å². The van der Waals surface area contributed by atoms with Crippen molar-refractivity contribution in [2.45, 2.75) is 19.1 Å². The Bertz CT molecular complexity index is 143. The van der Waals surface area contributed by atoms with Gasteiger partial charge in [-0.05, 0) is 18.4 Å². The van der Waals surface area contributed by atoms with Crippen LogP contribution in [0.15, 0.2) is 0 Å². The Kier molecular flexibility index (Phi) is 3.17. The lowest BCUT2D eigenvalue weighted by Gasteiger charge is -2.28. The Balaban J connectivity index is 4.26. The van der Waals surface area contributed by atoms with E-state index in [2.05, 4.69) is 0 Å². The van der Waals surface area contributed by atoms with Gasteiger partial charge in [0.1, 0.15) is 5.25 Å². The second-order valence-electron chi connectivity index (χ2n) is 3.07. The first kappa shape index (κ1) is 9.77. The summed E-state index contributed by atoms with van der Waals surface area (Å²) in [6.45, 7) is 3.75. The predicted octanol–water partition coefficient (Wildman–Crippen LogP) is 2.48. The zero-order valence-electron chi connectivity index (χ0n) is 6.89. The summed E-state index contributed by atoms with van der Waals surface area (Å²) in [5.74, 6) is 0.125. The molecule has 0 aromatic carbocycles. The highest BCUT2D eigenvalue weighted by atomic mass is 32.3. The van der Waals surface area contributed by atoms with Crippen molar-refractivity contribution in [3.63, 3.8) is 0 Å². The molecule has 0 N–H and O–H groups in total. The van der Waals surface area contributed by atoms with Gasteiger partial charge >= 0.3 is 0 Å². The van der Waals surface area contributed by atoms with Crippen molar-refractivity contribution in [3.05, 3.63) is 0 Å². The van der Waals surface area contributed by atoms with Crippen LogP contribution in [0.3, 0.4) is 0 Å². The van der Waals surface area contributed by atoms with E-state index in [1.807, 2.05) is 19.9 Å². The molecule has 0 heterocycles. The Morgan fingerprint density at radius 3 is 1.80 bits per heavy atom. The number of nitrogens with zero attached hydrogens (tertiary/aromatic N) is 1. The molecule has 0 aromatic rings. The molecule has 0 saturated carbocycles. The van der Waals surface area contributed by atoms with E-state index in [1.54, 1.807) is 0 Å². The van der Waals surface area contributed by atoms with Gasteiger partial charge < -0.3 is 0 Å². The van der Waals surface area contributed by atoms with Crippen LogP contribution in [0.2, 0.25) is 0 Å². The summed E-state index contributed by atoms with van der Waals surface area (Å²) in [7, 11) is -2.18. The lowest BCUT2D eigenvalue weighted by atomic mass is 10.1. The van der Waals surface area contributed by atoms with E-state index >= 15 is 0 Å². The van der Waals surface area contributed by atoms with Gasteiger partial charge in [0.25, 0.3) is 0 Å². The third kappa shape index (κ3) is 2.57. The van der Waals surface area contributed by atoms with Crippen LogP contribution in [0, 0.1) is 17.2 Å². The SMILES string of the molecule is CC(C)C(C#N)S(C)(C)F. The van der Waals surface area contributed by atoms with Crippen LogP contribution < -0.4 is 0 Å². The summed E-state index contributed by atoms with van der Waals surface area (Å²) in [6, 6.07) is 2.00. The monoisotopic (exact) mass is 163 g/mol. The van der Waals surface area contributed by atoms with E-state index in [-0.39, 0.29) is 5.92 Å². The lowest BCUT2D eigenvalue weighted by Crippen LogP contribution is -2.17. The van der Waals surface area contributed by atoms with Crippen molar-refractivity contribution < 1.29 is 3.89 Å². The molecule has 60 valence electrons. The molecule has 1 atom stereocenters. The largest absolute Gasteiger partial charge is 0.197 e. The summed E-state index contributed by atoms with van der Waals surface area (Å²) in [6.07, 6.45) is 3.06. The van der Waals surface area contributed by atoms with Crippen molar-refractivity contribution in [2.75, 3.05) is 12.5 Å². The molecule has 1 unspecified atom stereocenters. The number of nitriles is 1. The molecular formula is C7H14FNS. The molecule has 0 aromatic heterocycles. The summed E-state index contributed by atoms with van der Waals surface area (Å²) < 4.78 is 13.2. The van der Waals surface area contributed by atoms with Gasteiger partial charge in [-0.1, -0.05) is 24.3 Å².